The Kier molecular flexibility index (Phi) is 27.1. The number of rotatable bonds is 26. The van der Waals surface area contributed by atoms with Crippen molar-refractivity contribution in [1.82, 2.24) is 0 Å². The molecule has 1 N–H and O–H groups in total. The van der Waals surface area contributed by atoms with E-state index < -0.39 is 5.97 Å². The van der Waals surface area contributed by atoms with E-state index in [2.05, 4.69) is 31.2 Å². The molecule has 0 fully saturated rings. The largest absolute Gasteiger partial charge is 0.481 e. The van der Waals surface area contributed by atoms with E-state index in [1.54, 1.807) is 0 Å². The highest BCUT2D eigenvalue weighted by molar-refractivity contribution is 5.66. The van der Waals surface area contributed by atoms with E-state index in [9.17, 15) is 4.79 Å². The normalized spacial score (nSPS) is 11.8. The molecule has 2 nitrogen and oxygen atoms in total. The molecule has 0 aromatic heterocycles. The summed E-state index contributed by atoms with van der Waals surface area (Å²) in [5, 5.41) is 8.57. The monoisotopic (exact) mass is 448 g/mol. The SMILES string of the molecule is CCCCCCCCCCCCCCCCCCCCC=CCCC=CCCCC(=O)O. The van der Waals surface area contributed by atoms with Crippen LogP contribution in [0.2, 0.25) is 0 Å². The summed E-state index contributed by atoms with van der Waals surface area (Å²) in [6.45, 7) is 2.29. The van der Waals surface area contributed by atoms with Crippen LogP contribution in [0, 0.1) is 0 Å². The topological polar surface area (TPSA) is 37.3 Å². The van der Waals surface area contributed by atoms with Crippen LogP contribution in [-0.4, -0.2) is 11.1 Å². The first kappa shape index (κ1) is 30.9. The maximum Gasteiger partial charge on any atom is 0.303 e. The van der Waals surface area contributed by atoms with Gasteiger partial charge in [0, 0.05) is 6.42 Å². The molecule has 0 saturated heterocycles. The lowest BCUT2D eigenvalue weighted by molar-refractivity contribution is -0.137. The lowest BCUT2D eigenvalue weighted by Gasteiger charge is -2.03. The van der Waals surface area contributed by atoms with E-state index >= 15 is 0 Å². The van der Waals surface area contributed by atoms with Gasteiger partial charge in [0.2, 0.25) is 0 Å². The fourth-order valence-electron chi connectivity index (χ4n) is 4.20. The van der Waals surface area contributed by atoms with Crippen molar-refractivity contribution in [3.63, 3.8) is 0 Å². The van der Waals surface area contributed by atoms with Crippen LogP contribution >= 0.6 is 0 Å². The fraction of sp³-hybridized carbons (Fsp3) is 0.833. The average molecular weight is 449 g/mol. The molecule has 0 rings (SSSR count). The third-order valence-electron chi connectivity index (χ3n) is 6.32. The highest BCUT2D eigenvalue weighted by atomic mass is 16.4. The summed E-state index contributed by atoms with van der Waals surface area (Å²) in [7, 11) is 0. The van der Waals surface area contributed by atoms with Gasteiger partial charge < -0.3 is 5.11 Å². The van der Waals surface area contributed by atoms with Gasteiger partial charge in [-0.05, 0) is 38.5 Å². The Balaban J connectivity index is 3.12. The molecule has 0 atom stereocenters. The smallest absolute Gasteiger partial charge is 0.303 e. The molecule has 0 aliphatic carbocycles. The van der Waals surface area contributed by atoms with Crippen LogP contribution in [0.4, 0.5) is 0 Å². The molecule has 0 spiro atoms. The van der Waals surface area contributed by atoms with Crippen molar-refractivity contribution in [3.05, 3.63) is 24.3 Å². The molecule has 188 valence electrons. The second-order valence-corrected chi connectivity index (χ2v) is 9.61. The zero-order valence-electron chi connectivity index (χ0n) is 21.6. The Bertz CT molecular complexity index is 425. The second-order valence-electron chi connectivity index (χ2n) is 9.61. The average Bonchev–Trinajstić information content (AvgIpc) is 2.78. The molecule has 0 aromatic carbocycles. The van der Waals surface area contributed by atoms with Crippen LogP contribution in [0.25, 0.3) is 0 Å². The Morgan fingerprint density at radius 1 is 0.469 bits per heavy atom. The molecule has 0 aliphatic heterocycles. The van der Waals surface area contributed by atoms with Crippen LogP contribution < -0.4 is 0 Å². The fourth-order valence-corrected chi connectivity index (χ4v) is 4.20. The van der Waals surface area contributed by atoms with Crippen molar-refractivity contribution < 1.29 is 9.90 Å². The number of hydrogen-bond donors (Lipinski definition) is 1. The number of hydrogen-bond acceptors (Lipinski definition) is 1. The molecule has 0 amide bonds. The van der Waals surface area contributed by atoms with Crippen molar-refractivity contribution in [3.8, 4) is 0 Å². The van der Waals surface area contributed by atoms with E-state index in [0.29, 0.717) is 0 Å². The zero-order valence-corrected chi connectivity index (χ0v) is 21.6. The number of aliphatic carboxylic acids is 1. The minimum Gasteiger partial charge on any atom is -0.481 e. The van der Waals surface area contributed by atoms with Crippen molar-refractivity contribution >= 4 is 5.97 Å². The summed E-state index contributed by atoms with van der Waals surface area (Å²) < 4.78 is 0. The standard InChI is InChI=1S/C30H56O2/c1-2-3-4-5-6-7-8-9-10-11-12-13-14-15-16-17-18-19-20-21-22-23-24-25-26-27-28-29-30(31)32/h21-22,25-26H,2-20,23-24,27-29H2,1H3,(H,31,32). The van der Waals surface area contributed by atoms with Gasteiger partial charge in [0.05, 0.1) is 0 Å². The number of carboxylic acid groups (broad SMARTS) is 1. The summed E-state index contributed by atoms with van der Waals surface area (Å²) in [6, 6.07) is 0. The third-order valence-corrected chi connectivity index (χ3v) is 6.32. The maximum atomic E-state index is 10.4. The Labute approximate surface area is 201 Å². The first-order chi connectivity index (χ1) is 15.8. The summed E-state index contributed by atoms with van der Waals surface area (Å²) in [4.78, 5) is 10.4. The van der Waals surface area contributed by atoms with Gasteiger partial charge in [0.1, 0.15) is 0 Å². The van der Waals surface area contributed by atoms with Crippen molar-refractivity contribution in [1.29, 1.82) is 0 Å². The molecule has 32 heavy (non-hydrogen) atoms. The highest BCUT2D eigenvalue weighted by Gasteiger charge is 1.95. The molecule has 0 bridgehead atoms. The first-order valence-electron chi connectivity index (χ1n) is 14.3. The van der Waals surface area contributed by atoms with Crippen LogP contribution in [0.15, 0.2) is 24.3 Å². The van der Waals surface area contributed by atoms with Crippen LogP contribution in [0.3, 0.4) is 0 Å². The Morgan fingerprint density at radius 3 is 1.16 bits per heavy atom. The first-order valence-corrected chi connectivity index (χ1v) is 14.3. The van der Waals surface area contributed by atoms with Gasteiger partial charge in [-0.1, -0.05) is 140 Å². The van der Waals surface area contributed by atoms with Gasteiger partial charge in [-0.2, -0.15) is 0 Å². The van der Waals surface area contributed by atoms with Gasteiger partial charge in [0.25, 0.3) is 0 Å². The van der Waals surface area contributed by atoms with E-state index in [1.165, 1.54) is 122 Å². The van der Waals surface area contributed by atoms with Crippen molar-refractivity contribution in [2.45, 2.75) is 161 Å². The summed E-state index contributed by atoms with van der Waals surface area (Å²) >= 11 is 0. The Hall–Kier alpha value is -1.05. The van der Waals surface area contributed by atoms with Crippen LogP contribution in [0.1, 0.15) is 161 Å². The number of carbonyl (C=O) groups is 1. The van der Waals surface area contributed by atoms with Crippen molar-refractivity contribution in [2.24, 2.45) is 0 Å². The third kappa shape index (κ3) is 28.9. The molecular formula is C30H56O2. The minimum absolute atomic E-state index is 0.281. The molecule has 2 heteroatoms. The predicted molar refractivity (Wildman–Crippen MR) is 142 cm³/mol. The molecule has 0 aromatic rings. The molecule has 0 saturated carbocycles. The zero-order chi connectivity index (χ0) is 23.4. The molecular weight excluding hydrogens is 392 g/mol. The van der Waals surface area contributed by atoms with E-state index in [-0.39, 0.29) is 6.42 Å². The van der Waals surface area contributed by atoms with Crippen LogP contribution in [-0.2, 0) is 4.79 Å². The maximum absolute atomic E-state index is 10.4. The van der Waals surface area contributed by atoms with Gasteiger partial charge in [-0.15, -0.1) is 0 Å². The van der Waals surface area contributed by atoms with Gasteiger partial charge in [-0.25, -0.2) is 0 Å². The number of unbranched alkanes of at least 4 members (excludes halogenated alkanes) is 20. The minimum atomic E-state index is -0.694. The molecule has 0 radical (unpaired) electrons. The molecule has 0 aliphatic rings. The second kappa shape index (κ2) is 28.0. The Morgan fingerprint density at radius 2 is 0.781 bits per heavy atom. The van der Waals surface area contributed by atoms with E-state index in [1.807, 2.05) is 0 Å². The van der Waals surface area contributed by atoms with E-state index in [0.717, 1.165) is 25.7 Å². The summed E-state index contributed by atoms with van der Waals surface area (Å²) in [5.41, 5.74) is 0. The predicted octanol–water partition coefficient (Wildman–Crippen LogP) is 10.6. The highest BCUT2D eigenvalue weighted by Crippen LogP contribution is 2.14. The van der Waals surface area contributed by atoms with Crippen molar-refractivity contribution in [2.75, 3.05) is 0 Å². The molecule has 0 unspecified atom stereocenters. The number of allylic oxidation sites excluding steroid dienone is 4. The molecule has 0 heterocycles. The lowest BCUT2D eigenvalue weighted by atomic mass is 10.0. The van der Waals surface area contributed by atoms with E-state index in [4.69, 9.17) is 5.11 Å². The quantitative estimate of drug-likeness (QED) is 0.105. The summed E-state index contributed by atoms with van der Waals surface area (Å²) in [5.74, 6) is -0.694. The summed E-state index contributed by atoms with van der Waals surface area (Å²) in [6.07, 6.45) is 40.1. The van der Waals surface area contributed by atoms with Gasteiger partial charge in [-0.3, -0.25) is 4.79 Å². The van der Waals surface area contributed by atoms with Gasteiger partial charge >= 0.3 is 5.97 Å². The lowest BCUT2D eigenvalue weighted by Crippen LogP contribution is -1.92. The number of carboxylic acids is 1. The van der Waals surface area contributed by atoms with Gasteiger partial charge in [0.15, 0.2) is 0 Å². The van der Waals surface area contributed by atoms with Crippen LogP contribution in [0.5, 0.6) is 0 Å².